The summed E-state index contributed by atoms with van der Waals surface area (Å²) < 4.78 is 19.4. The highest BCUT2D eigenvalue weighted by atomic mass is 79.9. The van der Waals surface area contributed by atoms with Gasteiger partial charge in [0.05, 0.1) is 5.69 Å². The normalized spacial score (nSPS) is 12.0. The third-order valence-electron chi connectivity index (χ3n) is 2.92. The molecule has 0 heterocycles. The molecule has 0 amide bonds. The highest BCUT2D eigenvalue weighted by Gasteiger charge is 2.07. The molecule has 0 bridgehead atoms. The number of hydrogen-bond acceptors (Lipinski definition) is 3. The third kappa shape index (κ3) is 5.02. The first-order valence-electron chi connectivity index (χ1n) is 6.61. The molecular formula is C16H17BrFNO2. The van der Waals surface area contributed by atoms with Gasteiger partial charge in [-0.2, -0.15) is 0 Å². The van der Waals surface area contributed by atoms with E-state index in [4.69, 9.17) is 4.74 Å². The maximum absolute atomic E-state index is 13.1. The second-order valence-electron chi connectivity index (χ2n) is 4.78. The molecule has 2 aromatic carbocycles. The molecule has 0 aromatic heterocycles. The Hall–Kier alpha value is -1.59. The summed E-state index contributed by atoms with van der Waals surface area (Å²) in [5.41, 5.74) is 1.75. The number of ether oxygens (including phenoxy) is 1. The summed E-state index contributed by atoms with van der Waals surface area (Å²) >= 11 is 3.32. The van der Waals surface area contributed by atoms with Crippen LogP contribution < -0.4 is 10.1 Å². The molecule has 2 N–H and O–H groups in total. The Morgan fingerprint density at radius 3 is 2.67 bits per heavy atom. The van der Waals surface area contributed by atoms with Gasteiger partial charge in [-0.05, 0) is 53.2 Å². The van der Waals surface area contributed by atoms with E-state index in [-0.39, 0.29) is 19.0 Å². The molecule has 1 atom stereocenters. The molecule has 0 aliphatic rings. The zero-order valence-electron chi connectivity index (χ0n) is 11.6. The molecule has 1 unspecified atom stereocenters. The molecule has 0 saturated carbocycles. The third-order valence-corrected chi connectivity index (χ3v) is 3.61. The number of rotatable bonds is 6. The van der Waals surface area contributed by atoms with Crippen LogP contribution in [0.2, 0.25) is 0 Å². The molecule has 0 aliphatic carbocycles. The Morgan fingerprint density at radius 2 is 1.95 bits per heavy atom. The SMILES string of the molecule is Cc1ccc(OCC(O)CNc2cc(F)ccc2Br)cc1. The molecule has 21 heavy (non-hydrogen) atoms. The van der Waals surface area contributed by atoms with E-state index in [1.165, 1.54) is 12.1 Å². The Labute approximate surface area is 131 Å². The lowest BCUT2D eigenvalue weighted by molar-refractivity contribution is 0.117. The van der Waals surface area contributed by atoms with Gasteiger partial charge in [0.2, 0.25) is 0 Å². The van der Waals surface area contributed by atoms with Crippen LogP contribution in [0.3, 0.4) is 0 Å². The van der Waals surface area contributed by atoms with Crippen molar-refractivity contribution in [2.45, 2.75) is 13.0 Å². The van der Waals surface area contributed by atoms with Crippen LogP contribution in [0.25, 0.3) is 0 Å². The lowest BCUT2D eigenvalue weighted by Crippen LogP contribution is -2.26. The molecule has 5 heteroatoms. The Bertz CT molecular complexity index is 589. The molecular weight excluding hydrogens is 337 g/mol. The summed E-state index contributed by atoms with van der Waals surface area (Å²) in [6.45, 7) is 2.44. The van der Waals surface area contributed by atoms with Gasteiger partial charge in [0, 0.05) is 11.0 Å². The van der Waals surface area contributed by atoms with Crippen molar-refractivity contribution < 1.29 is 14.2 Å². The van der Waals surface area contributed by atoms with E-state index < -0.39 is 6.10 Å². The quantitative estimate of drug-likeness (QED) is 0.830. The van der Waals surface area contributed by atoms with Gasteiger partial charge >= 0.3 is 0 Å². The van der Waals surface area contributed by atoms with Gasteiger partial charge in [-0.25, -0.2) is 4.39 Å². The van der Waals surface area contributed by atoms with Gasteiger partial charge in [-0.3, -0.25) is 0 Å². The first kappa shape index (κ1) is 15.8. The largest absolute Gasteiger partial charge is 0.491 e. The number of halogens is 2. The molecule has 3 nitrogen and oxygen atoms in total. The molecule has 0 saturated heterocycles. The van der Waals surface area contributed by atoms with Crippen LogP contribution in [-0.4, -0.2) is 24.4 Å². The fourth-order valence-electron chi connectivity index (χ4n) is 1.75. The van der Waals surface area contributed by atoms with E-state index in [2.05, 4.69) is 21.2 Å². The highest BCUT2D eigenvalue weighted by Crippen LogP contribution is 2.22. The monoisotopic (exact) mass is 353 g/mol. The van der Waals surface area contributed by atoms with E-state index >= 15 is 0 Å². The van der Waals surface area contributed by atoms with E-state index in [1.54, 1.807) is 6.07 Å². The predicted molar refractivity (Wildman–Crippen MR) is 85.3 cm³/mol. The average molecular weight is 354 g/mol. The van der Waals surface area contributed by atoms with Crippen molar-refractivity contribution in [3.8, 4) is 5.75 Å². The van der Waals surface area contributed by atoms with E-state index in [9.17, 15) is 9.50 Å². The summed E-state index contributed by atoms with van der Waals surface area (Å²) in [6.07, 6.45) is -0.693. The van der Waals surface area contributed by atoms with Crippen LogP contribution in [0.15, 0.2) is 46.9 Å². The van der Waals surface area contributed by atoms with Crippen molar-refractivity contribution in [2.75, 3.05) is 18.5 Å². The van der Waals surface area contributed by atoms with Crippen LogP contribution in [0.4, 0.5) is 10.1 Å². The summed E-state index contributed by atoms with van der Waals surface area (Å²) in [6, 6.07) is 12.0. The van der Waals surface area contributed by atoms with E-state index in [1.807, 2.05) is 31.2 Å². The van der Waals surface area contributed by atoms with Gasteiger partial charge in [0.15, 0.2) is 0 Å². The van der Waals surface area contributed by atoms with Gasteiger partial charge in [-0.1, -0.05) is 17.7 Å². The lowest BCUT2D eigenvalue weighted by atomic mass is 10.2. The van der Waals surface area contributed by atoms with Crippen molar-refractivity contribution in [1.82, 2.24) is 0 Å². The fraction of sp³-hybridized carbons (Fsp3) is 0.250. The van der Waals surface area contributed by atoms with Crippen LogP contribution >= 0.6 is 15.9 Å². The van der Waals surface area contributed by atoms with Crippen molar-refractivity contribution in [2.24, 2.45) is 0 Å². The standard InChI is InChI=1S/C16H17BrFNO2/c1-11-2-5-14(6-3-11)21-10-13(20)9-19-16-8-12(18)4-7-15(16)17/h2-8,13,19-20H,9-10H2,1H3. The van der Waals surface area contributed by atoms with Crippen LogP contribution in [0.5, 0.6) is 5.75 Å². The molecule has 2 aromatic rings. The van der Waals surface area contributed by atoms with Crippen LogP contribution in [0, 0.1) is 12.7 Å². The average Bonchev–Trinajstić information content (AvgIpc) is 2.47. The first-order valence-corrected chi connectivity index (χ1v) is 7.40. The second-order valence-corrected chi connectivity index (χ2v) is 5.64. The van der Waals surface area contributed by atoms with E-state index in [0.29, 0.717) is 11.4 Å². The number of aliphatic hydroxyl groups excluding tert-OH is 1. The Balaban J connectivity index is 1.80. The zero-order chi connectivity index (χ0) is 15.2. The molecule has 0 fully saturated rings. The minimum atomic E-state index is -0.693. The van der Waals surface area contributed by atoms with Gasteiger partial charge < -0.3 is 15.2 Å². The van der Waals surface area contributed by atoms with Crippen molar-refractivity contribution in [3.05, 3.63) is 58.3 Å². The Kier molecular flexibility index (Phi) is 5.59. The summed E-state index contributed by atoms with van der Waals surface area (Å²) in [5.74, 6) is 0.387. The minimum Gasteiger partial charge on any atom is -0.491 e. The maximum Gasteiger partial charge on any atom is 0.125 e. The number of nitrogens with one attached hydrogen (secondary N) is 1. The first-order chi connectivity index (χ1) is 10.0. The number of hydrogen-bond donors (Lipinski definition) is 2. The summed E-state index contributed by atoms with van der Waals surface area (Å²) in [7, 11) is 0. The number of aliphatic hydroxyl groups is 1. The van der Waals surface area contributed by atoms with Crippen LogP contribution in [-0.2, 0) is 0 Å². The van der Waals surface area contributed by atoms with Gasteiger partial charge in [-0.15, -0.1) is 0 Å². The molecule has 2 rings (SSSR count). The number of benzene rings is 2. The fourth-order valence-corrected chi connectivity index (χ4v) is 2.13. The smallest absolute Gasteiger partial charge is 0.125 e. The maximum atomic E-state index is 13.1. The van der Waals surface area contributed by atoms with Gasteiger partial charge in [0.25, 0.3) is 0 Å². The minimum absolute atomic E-state index is 0.170. The molecule has 0 spiro atoms. The molecule has 112 valence electrons. The van der Waals surface area contributed by atoms with Crippen molar-refractivity contribution in [1.29, 1.82) is 0 Å². The zero-order valence-corrected chi connectivity index (χ0v) is 13.2. The number of aryl methyl sites for hydroxylation is 1. The lowest BCUT2D eigenvalue weighted by Gasteiger charge is -2.15. The van der Waals surface area contributed by atoms with E-state index in [0.717, 1.165) is 10.0 Å². The summed E-state index contributed by atoms with van der Waals surface area (Å²) in [5, 5.41) is 12.9. The van der Waals surface area contributed by atoms with Gasteiger partial charge in [0.1, 0.15) is 24.3 Å². The molecule has 0 aliphatic heterocycles. The summed E-state index contributed by atoms with van der Waals surface area (Å²) in [4.78, 5) is 0. The second kappa shape index (κ2) is 7.43. The predicted octanol–water partition coefficient (Wildman–Crippen LogP) is 3.75. The van der Waals surface area contributed by atoms with Crippen LogP contribution in [0.1, 0.15) is 5.56 Å². The van der Waals surface area contributed by atoms with Crippen molar-refractivity contribution in [3.63, 3.8) is 0 Å². The highest BCUT2D eigenvalue weighted by molar-refractivity contribution is 9.10. The van der Waals surface area contributed by atoms with Crippen molar-refractivity contribution >= 4 is 21.6 Å². The Morgan fingerprint density at radius 1 is 1.24 bits per heavy atom. The number of anilines is 1. The topological polar surface area (TPSA) is 41.5 Å². The molecule has 0 radical (unpaired) electrons.